The van der Waals surface area contributed by atoms with Gasteiger partial charge in [0.1, 0.15) is 0 Å². The van der Waals surface area contributed by atoms with Crippen molar-refractivity contribution in [3.05, 3.63) is 0 Å². The van der Waals surface area contributed by atoms with E-state index in [0.717, 1.165) is 19.3 Å². The summed E-state index contributed by atoms with van der Waals surface area (Å²) in [5, 5.41) is 3.17. The van der Waals surface area contributed by atoms with Gasteiger partial charge in [0.25, 0.3) is 0 Å². The van der Waals surface area contributed by atoms with Crippen LogP contribution in [-0.2, 0) is 4.79 Å². The number of hydrogen-bond donors (Lipinski definition) is 1. The SMILES string of the molecule is CCC(C)(C)C(=O)NC1CCC(Br)CC1. The molecule has 0 aromatic rings. The Hall–Kier alpha value is -0.0500. The molecule has 0 saturated heterocycles. The Morgan fingerprint density at radius 1 is 1.33 bits per heavy atom. The minimum atomic E-state index is -0.217. The van der Waals surface area contributed by atoms with Crippen LogP contribution in [0.3, 0.4) is 0 Å². The van der Waals surface area contributed by atoms with Gasteiger partial charge in [0, 0.05) is 16.3 Å². The molecule has 0 radical (unpaired) electrons. The normalized spacial score (nSPS) is 27.5. The molecule has 88 valence electrons. The fraction of sp³-hybridized carbons (Fsp3) is 0.917. The lowest BCUT2D eigenvalue weighted by molar-refractivity contribution is -0.130. The zero-order valence-electron chi connectivity index (χ0n) is 9.98. The van der Waals surface area contributed by atoms with Crippen LogP contribution in [0.2, 0.25) is 0 Å². The van der Waals surface area contributed by atoms with Gasteiger partial charge in [0.15, 0.2) is 0 Å². The second kappa shape index (κ2) is 5.33. The number of carbonyl (C=O) groups is 1. The summed E-state index contributed by atoms with van der Waals surface area (Å²) in [6, 6.07) is 0.400. The van der Waals surface area contributed by atoms with Gasteiger partial charge in [-0.25, -0.2) is 0 Å². The molecule has 0 atom stereocenters. The molecule has 1 saturated carbocycles. The average Bonchev–Trinajstić information content (AvgIpc) is 2.21. The van der Waals surface area contributed by atoms with Crippen LogP contribution in [0.1, 0.15) is 52.9 Å². The first kappa shape index (κ1) is 13.0. The van der Waals surface area contributed by atoms with Crippen molar-refractivity contribution >= 4 is 21.8 Å². The van der Waals surface area contributed by atoms with Crippen LogP contribution in [0, 0.1) is 5.41 Å². The number of carbonyl (C=O) groups excluding carboxylic acids is 1. The molecule has 0 spiro atoms. The fourth-order valence-electron chi connectivity index (χ4n) is 1.74. The maximum atomic E-state index is 11.9. The Bertz CT molecular complexity index is 220. The van der Waals surface area contributed by atoms with E-state index in [-0.39, 0.29) is 11.3 Å². The Morgan fingerprint density at radius 3 is 2.33 bits per heavy atom. The summed E-state index contributed by atoms with van der Waals surface area (Å²) in [6.45, 7) is 6.09. The average molecular weight is 276 g/mol. The number of amides is 1. The van der Waals surface area contributed by atoms with Gasteiger partial charge < -0.3 is 5.32 Å². The molecule has 1 fully saturated rings. The summed E-state index contributed by atoms with van der Waals surface area (Å²) >= 11 is 3.62. The number of rotatable bonds is 3. The fourth-order valence-corrected chi connectivity index (χ4v) is 2.27. The second-order valence-electron chi connectivity index (χ2n) is 5.16. The predicted molar refractivity (Wildman–Crippen MR) is 67.2 cm³/mol. The van der Waals surface area contributed by atoms with Crippen molar-refractivity contribution in [2.75, 3.05) is 0 Å². The summed E-state index contributed by atoms with van der Waals surface area (Å²) in [5.74, 6) is 0.211. The highest BCUT2D eigenvalue weighted by Crippen LogP contribution is 2.26. The van der Waals surface area contributed by atoms with Crippen molar-refractivity contribution in [3.8, 4) is 0 Å². The van der Waals surface area contributed by atoms with Crippen LogP contribution in [0.5, 0.6) is 0 Å². The van der Waals surface area contributed by atoms with E-state index in [1.165, 1.54) is 12.8 Å². The summed E-state index contributed by atoms with van der Waals surface area (Å²) < 4.78 is 0. The summed E-state index contributed by atoms with van der Waals surface area (Å²) in [6.07, 6.45) is 5.48. The quantitative estimate of drug-likeness (QED) is 0.788. The minimum Gasteiger partial charge on any atom is -0.353 e. The van der Waals surface area contributed by atoms with Crippen molar-refractivity contribution in [1.82, 2.24) is 5.32 Å². The molecule has 3 heteroatoms. The molecule has 0 unspecified atom stereocenters. The van der Waals surface area contributed by atoms with Crippen LogP contribution in [0.15, 0.2) is 0 Å². The largest absolute Gasteiger partial charge is 0.353 e. The molecule has 1 aliphatic carbocycles. The molecule has 0 aliphatic heterocycles. The Morgan fingerprint density at radius 2 is 1.87 bits per heavy atom. The lowest BCUT2D eigenvalue weighted by atomic mass is 9.87. The standard InChI is InChI=1S/C12H22BrNO/c1-4-12(2,3)11(15)14-10-7-5-9(13)6-8-10/h9-10H,4-8H2,1-3H3,(H,14,15). The van der Waals surface area contributed by atoms with Gasteiger partial charge in [-0.2, -0.15) is 0 Å². The number of halogens is 1. The van der Waals surface area contributed by atoms with Crippen molar-refractivity contribution < 1.29 is 4.79 Å². The van der Waals surface area contributed by atoms with E-state index in [1.807, 2.05) is 13.8 Å². The van der Waals surface area contributed by atoms with Gasteiger partial charge in [-0.3, -0.25) is 4.79 Å². The molecule has 0 heterocycles. The van der Waals surface area contributed by atoms with E-state index < -0.39 is 0 Å². The third kappa shape index (κ3) is 3.78. The molecule has 1 aliphatic rings. The number of hydrogen-bond acceptors (Lipinski definition) is 1. The van der Waals surface area contributed by atoms with E-state index >= 15 is 0 Å². The van der Waals surface area contributed by atoms with E-state index in [0.29, 0.717) is 10.9 Å². The molecule has 1 rings (SSSR count). The van der Waals surface area contributed by atoms with Crippen molar-refractivity contribution in [2.45, 2.75) is 63.7 Å². The smallest absolute Gasteiger partial charge is 0.225 e. The molecule has 1 amide bonds. The zero-order valence-corrected chi connectivity index (χ0v) is 11.6. The van der Waals surface area contributed by atoms with Crippen LogP contribution in [0.4, 0.5) is 0 Å². The first-order chi connectivity index (χ1) is 6.95. The Labute approximate surface area is 101 Å². The molecule has 15 heavy (non-hydrogen) atoms. The van der Waals surface area contributed by atoms with E-state index in [1.54, 1.807) is 0 Å². The Kier molecular flexibility index (Phi) is 4.63. The third-order valence-electron chi connectivity index (χ3n) is 3.49. The monoisotopic (exact) mass is 275 g/mol. The molecule has 0 aromatic carbocycles. The van der Waals surface area contributed by atoms with E-state index in [9.17, 15) is 4.79 Å². The van der Waals surface area contributed by atoms with Crippen molar-refractivity contribution in [1.29, 1.82) is 0 Å². The van der Waals surface area contributed by atoms with Gasteiger partial charge in [-0.05, 0) is 32.1 Å². The minimum absolute atomic E-state index is 0.211. The maximum Gasteiger partial charge on any atom is 0.225 e. The van der Waals surface area contributed by atoms with Crippen LogP contribution >= 0.6 is 15.9 Å². The molecule has 0 bridgehead atoms. The van der Waals surface area contributed by atoms with E-state index in [4.69, 9.17) is 0 Å². The third-order valence-corrected chi connectivity index (χ3v) is 4.41. The lowest BCUT2D eigenvalue weighted by Crippen LogP contribution is -2.44. The molecule has 1 N–H and O–H groups in total. The maximum absolute atomic E-state index is 11.9. The van der Waals surface area contributed by atoms with Gasteiger partial charge >= 0.3 is 0 Å². The molecular weight excluding hydrogens is 254 g/mol. The first-order valence-corrected chi connectivity index (χ1v) is 6.82. The second-order valence-corrected chi connectivity index (χ2v) is 6.45. The molecule has 2 nitrogen and oxygen atoms in total. The van der Waals surface area contributed by atoms with Gasteiger partial charge in [-0.15, -0.1) is 0 Å². The van der Waals surface area contributed by atoms with Crippen LogP contribution in [0.25, 0.3) is 0 Å². The summed E-state index contributed by atoms with van der Waals surface area (Å²) in [7, 11) is 0. The first-order valence-electron chi connectivity index (χ1n) is 5.90. The highest BCUT2D eigenvalue weighted by Gasteiger charge is 2.28. The number of nitrogens with one attached hydrogen (secondary N) is 1. The van der Waals surface area contributed by atoms with Gasteiger partial charge in [-0.1, -0.05) is 36.7 Å². The van der Waals surface area contributed by atoms with Crippen molar-refractivity contribution in [2.24, 2.45) is 5.41 Å². The van der Waals surface area contributed by atoms with Gasteiger partial charge in [0.2, 0.25) is 5.91 Å². The van der Waals surface area contributed by atoms with E-state index in [2.05, 4.69) is 28.2 Å². The Balaban J connectivity index is 2.39. The number of alkyl halides is 1. The molecular formula is C12H22BrNO. The van der Waals surface area contributed by atoms with Crippen LogP contribution < -0.4 is 5.32 Å². The van der Waals surface area contributed by atoms with Crippen LogP contribution in [-0.4, -0.2) is 16.8 Å². The summed E-state index contributed by atoms with van der Waals surface area (Å²) in [4.78, 5) is 12.6. The lowest BCUT2D eigenvalue weighted by Gasteiger charge is -2.30. The predicted octanol–water partition coefficient (Wildman–Crippen LogP) is 3.24. The van der Waals surface area contributed by atoms with Crippen molar-refractivity contribution in [3.63, 3.8) is 0 Å². The summed E-state index contributed by atoms with van der Waals surface area (Å²) in [5.41, 5.74) is -0.217. The highest BCUT2D eigenvalue weighted by molar-refractivity contribution is 9.09. The highest BCUT2D eigenvalue weighted by atomic mass is 79.9. The zero-order chi connectivity index (χ0) is 11.5. The van der Waals surface area contributed by atoms with Gasteiger partial charge in [0.05, 0.1) is 0 Å². The molecule has 0 aromatic heterocycles. The topological polar surface area (TPSA) is 29.1 Å².